The lowest BCUT2D eigenvalue weighted by Crippen LogP contribution is -2.39. The number of amides is 1. The summed E-state index contributed by atoms with van der Waals surface area (Å²) in [6, 6.07) is 9.74. The van der Waals surface area contributed by atoms with Crippen LogP contribution in [0.3, 0.4) is 0 Å². The summed E-state index contributed by atoms with van der Waals surface area (Å²) in [7, 11) is 0. The maximum absolute atomic E-state index is 13.8. The maximum Gasteiger partial charge on any atom is 0.269 e. The van der Waals surface area contributed by atoms with Crippen molar-refractivity contribution in [2.45, 2.75) is 39.5 Å². The van der Waals surface area contributed by atoms with Gasteiger partial charge in [-0.1, -0.05) is 52.7 Å². The Morgan fingerprint density at radius 3 is 2.76 bits per heavy atom. The van der Waals surface area contributed by atoms with Gasteiger partial charge < -0.3 is 5.32 Å². The molecule has 0 spiro atoms. The van der Waals surface area contributed by atoms with Gasteiger partial charge in [-0.25, -0.2) is 4.98 Å². The number of ketones is 1. The average Bonchev–Trinajstić information content (AvgIpc) is 3.18. The van der Waals surface area contributed by atoms with E-state index in [0.29, 0.717) is 34.1 Å². The van der Waals surface area contributed by atoms with Gasteiger partial charge in [0.2, 0.25) is 0 Å². The molecule has 1 aliphatic heterocycles. The predicted molar refractivity (Wildman–Crippen MR) is 148 cm³/mol. The monoisotopic (exact) mass is 600 g/mol. The van der Waals surface area contributed by atoms with Crippen molar-refractivity contribution in [1.82, 2.24) is 10.3 Å². The van der Waals surface area contributed by atoms with Gasteiger partial charge in [0.05, 0.1) is 15.1 Å². The van der Waals surface area contributed by atoms with E-state index in [-0.39, 0.29) is 33.9 Å². The van der Waals surface area contributed by atoms with Crippen LogP contribution in [0, 0.1) is 15.5 Å². The molecule has 190 valence electrons. The van der Waals surface area contributed by atoms with Crippen LogP contribution in [0.5, 0.6) is 0 Å². The van der Waals surface area contributed by atoms with Crippen LogP contribution in [-0.2, 0) is 9.59 Å². The lowest BCUT2D eigenvalue weighted by atomic mass is 9.68. The molecule has 0 saturated carbocycles. The Labute approximate surface area is 230 Å². The molecule has 2 aromatic carbocycles. The molecular formula is C26H22BrClN4O4S. The van der Waals surface area contributed by atoms with E-state index in [2.05, 4.69) is 31.5 Å². The molecule has 2 N–H and O–H groups in total. The molecule has 11 heteroatoms. The number of thiazole rings is 1. The standard InChI is InChI=1S/C26H22BrClN4O4S/c1-12-21(24(34)31-25-30-17-7-4-13(27)8-20(17)37-25)22(15-9-14(32(35)36)5-6-16(15)28)23-18(29-12)10-26(2,3)11-19(23)33/h4-9,22,29H,10-11H2,1-3H3,(H,30,31,34). The van der Waals surface area contributed by atoms with Crippen molar-refractivity contribution in [3.8, 4) is 0 Å². The number of hydrogen-bond donors (Lipinski definition) is 2. The van der Waals surface area contributed by atoms with E-state index in [9.17, 15) is 19.7 Å². The maximum atomic E-state index is 13.8. The van der Waals surface area contributed by atoms with E-state index in [1.165, 1.54) is 29.5 Å². The molecule has 0 fully saturated rings. The third kappa shape index (κ3) is 4.81. The Morgan fingerprint density at radius 2 is 2.03 bits per heavy atom. The summed E-state index contributed by atoms with van der Waals surface area (Å²) >= 11 is 11.3. The first-order valence-corrected chi connectivity index (χ1v) is 13.5. The van der Waals surface area contributed by atoms with E-state index in [0.717, 1.165) is 14.7 Å². The zero-order chi connectivity index (χ0) is 26.6. The molecule has 37 heavy (non-hydrogen) atoms. The van der Waals surface area contributed by atoms with Crippen molar-refractivity contribution < 1.29 is 14.5 Å². The molecule has 0 bridgehead atoms. The number of nitrogens with one attached hydrogen (secondary N) is 2. The normalized spacial score (nSPS) is 19.1. The molecule has 3 aromatic rings. The van der Waals surface area contributed by atoms with E-state index >= 15 is 0 Å². The quantitative estimate of drug-likeness (QED) is 0.249. The second kappa shape index (κ2) is 9.34. The summed E-state index contributed by atoms with van der Waals surface area (Å²) in [6.07, 6.45) is 0.882. The van der Waals surface area contributed by atoms with Crippen LogP contribution in [0.1, 0.15) is 45.1 Å². The highest BCUT2D eigenvalue weighted by Gasteiger charge is 2.43. The van der Waals surface area contributed by atoms with E-state index < -0.39 is 16.7 Å². The molecule has 1 atom stereocenters. The first-order valence-electron chi connectivity index (χ1n) is 11.5. The number of fused-ring (bicyclic) bond motifs is 1. The third-order valence-electron chi connectivity index (χ3n) is 6.56. The number of carbonyl (C=O) groups excluding carboxylic acids is 2. The predicted octanol–water partition coefficient (Wildman–Crippen LogP) is 6.86. The molecule has 1 amide bonds. The number of benzene rings is 2. The van der Waals surface area contributed by atoms with Crippen molar-refractivity contribution in [1.29, 1.82) is 0 Å². The van der Waals surface area contributed by atoms with Crippen LogP contribution in [0.15, 0.2) is 63.4 Å². The number of nitrogens with zero attached hydrogens (tertiary/aromatic N) is 2. The number of nitro benzene ring substituents is 1. The molecule has 0 radical (unpaired) electrons. The van der Waals surface area contributed by atoms with Crippen molar-refractivity contribution >= 4 is 71.6 Å². The molecule has 0 saturated heterocycles. The molecule has 2 aliphatic rings. The largest absolute Gasteiger partial charge is 0.362 e. The highest BCUT2D eigenvalue weighted by atomic mass is 79.9. The van der Waals surface area contributed by atoms with Gasteiger partial charge in [0, 0.05) is 56.5 Å². The summed E-state index contributed by atoms with van der Waals surface area (Å²) < 4.78 is 1.79. The number of nitro groups is 1. The summed E-state index contributed by atoms with van der Waals surface area (Å²) in [6.45, 7) is 5.79. The van der Waals surface area contributed by atoms with Gasteiger partial charge in [0.15, 0.2) is 10.9 Å². The second-order valence-corrected chi connectivity index (χ2v) is 12.3. The minimum absolute atomic E-state index is 0.117. The van der Waals surface area contributed by atoms with Gasteiger partial charge in [-0.05, 0) is 48.6 Å². The number of allylic oxidation sites excluding steroid dienone is 3. The van der Waals surface area contributed by atoms with Crippen molar-refractivity contribution in [3.05, 3.63) is 84.1 Å². The summed E-state index contributed by atoms with van der Waals surface area (Å²) in [5.41, 5.74) is 2.61. The second-order valence-electron chi connectivity index (χ2n) is 9.98. The lowest BCUT2D eigenvalue weighted by molar-refractivity contribution is -0.384. The summed E-state index contributed by atoms with van der Waals surface area (Å²) in [4.78, 5) is 42.9. The summed E-state index contributed by atoms with van der Waals surface area (Å²) in [5.74, 6) is -1.44. The van der Waals surface area contributed by atoms with Crippen molar-refractivity contribution in [2.24, 2.45) is 5.41 Å². The van der Waals surface area contributed by atoms with Crippen LogP contribution in [0.2, 0.25) is 5.02 Å². The minimum atomic E-state index is -0.865. The highest BCUT2D eigenvalue weighted by Crippen LogP contribution is 2.48. The van der Waals surface area contributed by atoms with Gasteiger partial charge in [-0.2, -0.15) is 0 Å². The molecule has 1 aromatic heterocycles. The Kier molecular flexibility index (Phi) is 6.45. The Morgan fingerprint density at radius 1 is 1.27 bits per heavy atom. The topological polar surface area (TPSA) is 114 Å². The zero-order valence-corrected chi connectivity index (χ0v) is 23.3. The fourth-order valence-electron chi connectivity index (χ4n) is 5.03. The SMILES string of the molecule is CC1=C(C(=O)Nc2nc3ccc(Br)cc3s2)C(c2cc([N+](=O)[O-])ccc2Cl)C2=C(CC(C)(C)CC2=O)N1. The average molecular weight is 602 g/mol. The van der Waals surface area contributed by atoms with Crippen molar-refractivity contribution in [3.63, 3.8) is 0 Å². The molecule has 1 aliphatic carbocycles. The smallest absolute Gasteiger partial charge is 0.269 e. The Hall–Kier alpha value is -3.08. The number of anilines is 1. The van der Waals surface area contributed by atoms with Gasteiger partial charge in [0.1, 0.15) is 0 Å². The van der Waals surface area contributed by atoms with Crippen LogP contribution >= 0.6 is 38.9 Å². The molecule has 1 unspecified atom stereocenters. The number of Topliss-reactive ketones (excluding diaryl/α,β-unsaturated/α-hetero) is 1. The first-order chi connectivity index (χ1) is 17.4. The van der Waals surface area contributed by atoms with E-state index in [1.54, 1.807) is 6.92 Å². The first kappa shape index (κ1) is 25.6. The van der Waals surface area contributed by atoms with Gasteiger partial charge in [0.25, 0.3) is 11.6 Å². The fraction of sp³-hybridized carbons (Fsp3) is 0.269. The van der Waals surface area contributed by atoms with Gasteiger partial charge in [-0.15, -0.1) is 0 Å². The molecule has 2 heterocycles. The molecule has 5 rings (SSSR count). The number of dihydropyridines is 1. The molecular weight excluding hydrogens is 580 g/mol. The summed E-state index contributed by atoms with van der Waals surface area (Å²) in [5, 5.41) is 18.4. The Balaban J connectivity index is 1.63. The fourth-order valence-corrected chi connectivity index (χ4v) is 6.67. The molecule has 8 nitrogen and oxygen atoms in total. The lowest BCUT2D eigenvalue weighted by Gasteiger charge is -2.39. The van der Waals surface area contributed by atoms with E-state index in [1.807, 2.05) is 32.0 Å². The minimum Gasteiger partial charge on any atom is -0.362 e. The van der Waals surface area contributed by atoms with E-state index in [4.69, 9.17) is 11.6 Å². The number of aromatic nitrogens is 1. The number of hydrogen-bond acceptors (Lipinski definition) is 7. The van der Waals surface area contributed by atoms with Gasteiger partial charge >= 0.3 is 0 Å². The number of rotatable bonds is 4. The third-order valence-corrected chi connectivity index (χ3v) is 8.33. The Bertz CT molecular complexity index is 1580. The number of non-ortho nitro benzene ring substituents is 1. The van der Waals surface area contributed by atoms with Crippen LogP contribution in [-0.4, -0.2) is 21.6 Å². The zero-order valence-electron chi connectivity index (χ0n) is 20.1. The van der Waals surface area contributed by atoms with Crippen LogP contribution < -0.4 is 10.6 Å². The van der Waals surface area contributed by atoms with Gasteiger partial charge in [-0.3, -0.25) is 25.0 Å². The number of carbonyl (C=O) groups is 2. The number of halogens is 2. The highest BCUT2D eigenvalue weighted by molar-refractivity contribution is 9.10. The van der Waals surface area contributed by atoms with Crippen LogP contribution in [0.4, 0.5) is 10.8 Å². The van der Waals surface area contributed by atoms with Crippen LogP contribution in [0.25, 0.3) is 10.2 Å². The van der Waals surface area contributed by atoms with Crippen molar-refractivity contribution in [2.75, 3.05) is 5.32 Å².